The Morgan fingerprint density at radius 3 is 2.80 bits per heavy atom. The zero-order chi connectivity index (χ0) is 14.5. The van der Waals surface area contributed by atoms with Crippen molar-refractivity contribution in [2.24, 2.45) is 5.92 Å². The second-order valence-electron chi connectivity index (χ2n) is 5.09. The van der Waals surface area contributed by atoms with Crippen molar-refractivity contribution in [1.29, 1.82) is 0 Å². The predicted octanol–water partition coefficient (Wildman–Crippen LogP) is 0.608. The first-order chi connectivity index (χ1) is 9.56. The molecule has 0 radical (unpaired) electrons. The van der Waals surface area contributed by atoms with Crippen LogP contribution >= 0.6 is 0 Å². The van der Waals surface area contributed by atoms with Gasteiger partial charge in [-0.2, -0.15) is 0 Å². The Morgan fingerprint density at radius 1 is 1.35 bits per heavy atom. The molecule has 1 aliphatic carbocycles. The molecule has 2 N–H and O–H groups in total. The van der Waals surface area contributed by atoms with Crippen LogP contribution < -0.4 is 10.9 Å². The quantitative estimate of drug-likeness (QED) is 0.826. The number of carboxylic acid groups (broad SMARTS) is 1. The Hall–Kier alpha value is -2.11. The Morgan fingerprint density at radius 2 is 2.15 bits per heavy atom. The van der Waals surface area contributed by atoms with Crippen molar-refractivity contribution in [2.75, 3.05) is 0 Å². The summed E-state index contributed by atoms with van der Waals surface area (Å²) in [6, 6.07) is 4.79. The van der Waals surface area contributed by atoms with Gasteiger partial charge in [0.2, 0.25) is 5.91 Å². The van der Waals surface area contributed by atoms with Gasteiger partial charge >= 0.3 is 5.97 Å². The number of aryl methyl sites for hydroxylation is 1. The zero-order valence-corrected chi connectivity index (χ0v) is 11.1. The van der Waals surface area contributed by atoms with E-state index in [0.717, 1.165) is 0 Å². The first-order valence-corrected chi connectivity index (χ1v) is 6.74. The highest BCUT2D eigenvalue weighted by atomic mass is 16.4. The second kappa shape index (κ2) is 6.36. The molecule has 20 heavy (non-hydrogen) atoms. The molecule has 6 heteroatoms. The van der Waals surface area contributed by atoms with Crippen LogP contribution in [0, 0.1) is 5.92 Å². The van der Waals surface area contributed by atoms with Crippen LogP contribution in [0.15, 0.2) is 29.2 Å². The summed E-state index contributed by atoms with van der Waals surface area (Å²) in [4.78, 5) is 34.1. The average molecular weight is 278 g/mol. The molecular weight excluding hydrogens is 260 g/mol. The molecule has 0 aliphatic heterocycles. The van der Waals surface area contributed by atoms with Gasteiger partial charge in [-0.3, -0.25) is 14.4 Å². The number of hydrogen-bond donors (Lipinski definition) is 2. The maximum Gasteiger partial charge on any atom is 0.306 e. The molecule has 0 unspecified atom stereocenters. The molecule has 0 spiro atoms. The fourth-order valence-electron chi connectivity index (χ4n) is 2.50. The SMILES string of the molecule is O=C(CCn1ccccc1=O)N[C@H]1CC[C@@H](C(=O)O)C1. The van der Waals surface area contributed by atoms with Gasteiger partial charge in [-0.1, -0.05) is 6.07 Å². The van der Waals surface area contributed by atoms with Crippen LogP contribution in [0.2, 0.25) is 0 Å². The van der Waals surface area contributed by atoms with Crippen LogP contribution in [0.3, 0.4) is 0 Å². The minimum atomic E-state index is -0.794. The van der Waals surface area contributed by atoms with Crippen molar-refractivity contribution in [2.45, 2.75) is 38.3 Å². The number of nitrogens with one attached hydrogen (secondary N) is 1. The third-order valence-electron chi connectivity index (χ3n) is 3.63. The Kier molecular flexibility index (Phi) is 4.55. The summed E-state index contributed by atoms with van der Waals surface area (Å²) >= 11 is 0. The first kappa shape index (κ1) is 14.3. The summed E-state index contributed by atoms with van der Waals surface area (Å²) in [7, 11) is 0. The standard InChI is InChI=1S/C14H18N2O4/c17-12(6-8-16-7-2-1-3-13(16)18)15-11-5-4-10(9-11)14(19)20/h1-3,7,10-11H,4-6,8-9H2,(H,15,17)(H,19,20)/t10-,11+/m1/s1. The molecule has 108 valence electrons. The van der Waals surface area contributed by atoms with E-state index in [2.05, 4.69) is 5.32 Å². The van der Waals surface area contributed by atoms with Gasteiger partial charge in [-0.15, -0.1) is 0 Å². The van der Waals surface area contributed by atoms with Gasteiger partial charge in [-0.05, 0) is 25.3 Å². The maximum absolute atomic E-state index is 11.8. The van der Waals surface area contributed by atoms with E-state index in [1.807, 2.05) is 0 Å². The van der Waals surface area contributed by atoms with Gasteiger partial charge in [0.05, 0.1) is 5.92 Å². The number of rotatable bonds is 5. The summed E-state index contributed by atoms with van der Waals surface area (Å²) in [5.41, 5.74) is -0.132. The predicted molar refractivity (Wildman–Crippen MR) is 72.2 cm³/mol. The van der Waals surface area contributed by atoms with Crippen molar-refractivity contribution in [3.63, 3.8) is 0 Å². The fraction of sp³-hybridized carbons (Fsp3) is 0.500. The lowest BCUT2D eigenvalue weighted by molar-refractivity contribution is -0.141. The smallest absolute Gasteiger partial charge is 0.306 e. The van der Waals surface area contributed by atoms with Crippen molar-refractivity contribution in [1.82, 2.24) is 9.88 Å². The number of aliphatic carboxylic acids is 1. The molecule has 0 aromatic carbocycles. The molecular formula is C14H18N2O4. The summed E-state index contributed by atoms with van der Waals surface area (Å²) < 4.78 is 1.48. The minimum absolute atomic E-state index is 0.0592. The number of aromatic nitrogens is 1. The van der Waals surface area contributed by atoms with Crippen molar-refractivity contribution in [3.05, 3.63) is 34.7 Å². The lowest BCUT2D eigenvalue weighted by Crippen LogP contribution is -2.34. The van der Waals surface area contributed by atoms with Gasteiger partial charge in [0.15, 0.2) is 0 Å². The van der Waals surface area contributed by atoms with Gasteiger partial charge < -0.3 is 15.0 Å². The molecule has 1 heterocycles. The second-order valence-corrected chi connectivity index (χ2v) is 5.09. The summed E-state index contributed by atoms with van der Waals surface area (Å²) in [5.74, 6) is -1.29. The van der Waals surface area contributed by atoms with E-state index in [1.165, 1.54) is 10.6 Å². The molecule has 1 fully saturated rings. The van der Waals surface area contributed by atoms with E-state index in [9.17, 15) is 14.4 Å². The third kappa shape index (κ3) is 3.69. The highest BCUT2D eigenvalue weighted by Crippen LogP contribution is 2.25. The number of carbonyl (C=O) groups excluding carboxylic acids is 1. The molecule has 6 nitrogen and oxygen atoms in total. The lowest BCUT2D eigenvalue weighted by Gasteiger charge is -2.12. The summed E-state index contributed by atoms with van der Waals surface area (Å²) in [5, 5.41) is 11.7. The number of nitrogens with zero attached hydrogens (tertiary/aromatic N) is 1. The van der Waals surface area contributed by atoms with Crippen molar-refractivity contribution < 1.29 is 14.7 Å². The van der Waals surface area contributed by atoms with Gasteiger partial charge in [0.25, 0.3) is 5.56 Å². The van der Waals surface area contributed by atoms with E-state index < -0.39 is 5.97 Å². The number of carboxylic acids is 1. The van der Waals surface area contributed by atoms with Gasteiger partial charge in [-0.25, -0.2) is 0 Å². The molecule has 0 bridgehead atoms. The summed E-state index contributed by atoms with van der Waals surface area (Å²) in [6.07, 6.45) is 3.67. The molecule has 2 atom stereocenters. The molecule has 1 saturated carbocycles. The van der Waals surface area contributed by atoms with Crippen molar-refractivity contribution >= 4 is 11.9 Å². The van der Waals surface area contributed by atoms with Crippen LogP contribution in [-0.2, 0) is 16.1 Å². The van der Waals surface area contributed by atoms with Gasteiger partial charge in [0, 0.05) is 31.3 Å². The average Bonchev–Trinajstić information content (AvgIpc) is 2.86. The maximum atomic E-state index is 11.8. The molecule has 0 saturated heterocycles. The van der Waals surface area contributed by atoms with Crippen LogP contribution in [0.4, 0.5) is 0 Å². The molecule has 1 amide bonds. The number of pyridine rings is 1. The van der Waals surface area contributed by atoms with Crippen LogP contribution in [0.5, 0.6) is 0 Å². The molecule has 1 aromatic rings. The van der Waals surface area contributed by atoms with Crippen LogP contribution in [-0.4, -0.2) is 27.6 Å². The van der Waals surface area contributed by atoms with E-state index in [1.54, 1.807) is 18.3 Å². The first-order valence-electron chi connectivity index (χ1n) is 6.74. The molecule has 2 rings (SSSR count). The minimum Gasteiger partial charge on any atom is -0.481 e. The Balaban J connectivity index is 1.78. The topological polar surface area (TPSA) is 88.4 Å². The number of carbonyl (C=O) groups is 2. The normalized spacial score (nSPS) is 21.6. The van der Waals surface area contributed by atoms with E-state index in [0.29, 0.717) is 25.8 Å². The van der Waals surface area contributed by atoms with E-state index in [4.69, 9.17) is 5.11 Å². The monoisotopic (exact) mass is 278 g/mol. The number of hydrogen-bond acceptors (Lipinski definition) is 3. The molecule has 1 aromatic heterocycles. The van der Waals surface area contributed by atoms with Gasteiger partial charge in [0.1, 0.15) is 0 Å². The zero-order valence-electron chi connectivity index (χ0n) is 11.1. The largest absolute Gasteiger partial charge is 0.481 e. The Labute approximate surface area is 116 Å². The number of amides is 1. The highest BCUT2D eigenvalue weighted by molar-refractivity contribution is 5.76. The fourth-order valence-corrected chi connectivity index (χ4v) is 2.50. The summed E-state index contributed by atoms with van der Waals surface area (Å²) in [6.45, 7) is 0.334. The van der Waals surface area contributed by atoms with Crippen LogP contribution in [0.25, 0.3) is 0 Å². The van der Waals surface area contributed by atoms with E-state index in [-0.39, 0.29) is 29.8 Å². The van der Waals surface area contributed by atoms with Crippen molar-refractivity contribution in [3.8, 4) is 0 Å². The third-order valence-corrected chi connectivity index (χ3v) is 3.63. The van der Waals surface area contributed by atoms with E-state index >= 15 is 0 Å². The lowest BCUT2D eigenvalue weighted by atomic mass is 10.1. The Bertz CT molecular complexity index is 552. The van der Waals surface area contributed by atoms with Crippen LogP contribution in [0.1, 0.15) is 25.7 Å². The highest BCUT2D eigenvalue weighted by Gasteiger charge is 2.30. The molecule has 1 aliphatic rings.